The van der Waals surface area contributed by atoms with Gasteiger partial charge in [-0.05, 0) is 29.8 Å². The molecular weight excluding hydrogens is 128 g/mol. The molecular formula is C8H12S. The zero-order valence-corrected chi connectivity index (χ0v) is 6.88. The van der Waals surface area contributed by atoms with Crippen LogP contribution < -0.4 is 0 Å². The molecule has 0 unspecified atom stereocenters. The molecule has 0 nitrogen and oxygen atoms in total. The van der Waals surface area contributed by atoms with E-state index < -0.39 is 0 Å². The Labute approximate surface area is 61.9 Å². The van der Waals surface area contributed by atoms with Gasteiger partial charge in [-0.25, -0.2) is 0 Å². The molecule has 1 heteroatoms. The predicted octanol–water partition coefficient (Wildman–Crippen LogP) is 3.18. The molecule has 0 amide bonds. The van der Waals surface area contributed by atoms with Gasteiger partial charge in [0.15, 0.2) is 0 Å². The third-order valence-electron chi connectivity index (χ3n) is 1.36. The van der Waals surface area contributed by atoms with Crippen LogP contribution in [0.4, 0.5) is 0 Å². The first-order valence-corrected chi connectivity index (χ1v) is 4.00. The van der Waals surface area contributed by atoms with Gasteiger partial charge < -0.3 is 0 Å². The molecule has 0 aliphatic carbocycles. The Morgan fingerprint density at radius 2 is 2.33 bits per heavy atom. The summed E-state index contributed by atoms with van der Waals surface area (Å²) in [7, 11) is 0. The second kappa shape index (κ2) is 2.53. The van der Waals surface area contributed by atoms with Gasteiger partial charge in [-0.3, -0.25) is 0 Å². The quantitative estimate of drug-likeness (QED) is 0.563. The third-order valence-corrected chi connectivity index (χ3v) is 2.61. The molecule has 1 aromatic heterocycles. The summed E-state index contributed by atoms with van der Waals surface area (Å²) in [6.07, 6.45) is 0. The van der Waals surface area contributed by atoms with Gasteiger partial charge in [-0.15, -0.1) is 11.3 Å². The molecule has 0 aromatic carbocycles. The normalized spacial score (nSPS) is 12.2. The summed E-state index contributed by atoms with van der Waals surface area (Å²) in [5.41, 5.74) is 1.27. The molecule has 0 fully saturated rings. The van der Waals surface area contributed by atoms with Crippen molar-refractivity contribution in [1.82, 2.24) is 0 Å². The lowest BCUT2D eigenvalue weighted by Crippen LogP contribution is -1.82. The minimum atomic E-state index is 0.573. The average Bonchev–Trinajstić information content (AvgIpc) is 2.10. The maximum absolute atomic E-state index is 7.37. The molecule has 0 bridgehead atoms. The molecule has 0 aliphatic heterocycles. The summed E-state index contributed by atoms with van der Waals surface area (Å²) in [5.74, 6) is 0.573. The molecule has 1 rings (SSSR count). The monoisotopic (exact) mass is 141 g/mol. The summed E-state index contributed by atoms with van der Waals surface area (Å²) in [6, 6.07) is 1.93. The lowest BCUT2D eigenvalue weighted by atomic mass is 10.1. The molecule has 9 heavy (non-hydrogen) atoms. The van der Waals surface area contributed by atoms with E-state index in [0.29, 0.717) is 11.3 Å². The zero-order valence-electron chi connectivity index (χ0n) is 7.06. The van der Waals surface area contributed by atoms with Crippen LogP contribution in [0.25, 0.3) is 0 Å². The van der Waals surface area contributed by atoms with E-state index in [1.807, 2.05) is 6.07 Å². The van der Waals surface area contributed by atoms with Crippen LogP contribution in [-0.4, -0.2) is 0 Å². The molecule has 0 saturated heterocycles. The van der Waals surface area contributed by atoms with Crippen LogP contribution >= 0.6 is 11.3 Å². The zero-order chi connectivity index (χ0) is 7.72. The van der Waals surface area contributed by atoms with Gasteiger partial charge in [0.1, 0.15) is 0 Å². The van der Waals surface area contributed by atoms with Crippen molar-refractivity contribution >= 4 is 11.3 Å². The molecule has 0 saturated carbocycles. The van der Waals surface area contributed by atoms with Crippen molar-refractivity contribution < 1.29 is 1.37 Å². The second-order valence-corrected chi connectivity index (χ2v) is 3.45. The van der Waals surface area contributed by atoms with Gasteiger partial charge >= 0.3 is 0 Å². The molecule has 0 aliphatic rings. The van der Waals surface area contributed by atoms with E-state index in [2.05, 4.69) is 20.8 Å². The molecule has 50 valence electrons. The van der Waals surface area contributed by atoms with Crippen LogP contribution in [0, 0.1) is 6.92 Å². The fraction of sp³-hybridized carbons (Fsp3) is 0.500. The van der Waals surface area contributed by atoms with E-state index in [1.165, 1.54) is 10.4 Å². The summed E-state index contributed by atoms with van der Waals surface area (Å²) in [4.78, 5) is 1.35. The fourth-order valence-corrected chi connectivity index (χ4v) is 1.72. The van der Waals surface area contributed by atoms with E-state index in [4.69, 9.17) is 1.37 Å². The maximum atomic E-state index is 7.37. The number of aryl methyl sites for hydroxylation is 1. The summed E-state index contributed by atoms with van der Waals surface area (Å²) in [5, 5.41) is 0.682. The second-order valence-electron chi connectivity index (χ2n) is 2.57. The SMILES string of the molecule is [2H]c1cc(C)c(C(C)C)s1. The van der Waals surface area contributed by atoms with Crippen LogP contribution in [0.15, 0.2) is 11.4 Å². The molecule has 0 spiro atoms. The Hall–Kier alpha value is -0.300. The van der Waals surface area contributed by atoms with Gasteiger partial charge in [0.2, 0.25) is 0 Å². The van der Waals surface area contributed by atoms with Gasteiger partial charge in [-0.1, -0.05) is 13.8 Å². The first kappa shape index (κ1) is 5.48. The van der Waals surface area contributed by atoms with Crippen molar-refractivity contribution in [2.24, 2.45) is 0 Å². The van der Waals surface area contributed by atoms with Crippen molar-refractivity contribution in [2.75, 3.05) is 0 Å². The molecule has 1 aromatic rings. The Bertz CT molecular complexity index is 225. The highest BCUT2D eigenvalue weighted by molar-refractivity contribution is 7.10. The van der Waals surface area contributed by atoms with Gasteiger partial charge in [0.25, 0.3) is 0 Å². The smallest absolute Gasteiger partial charge is 0.0740 e. The molecule has 0 radical (unpaired) electrons. The van der Waals surface area contributed by atoms with Crippen molar-refractivity contribution in [2.45, 2.75) is 26.7 Å². The Morgan fingerprint density at radius 1 is 1.67 bits per heavy atom. The Morgan fingerprint density at radius 3 is 2.56 bits per heavy atom. The topological polar surface area (TPSA) is 0 Å². The predicted molar refractivity (Wildman–Crippen MR) is 43.1 cm³/mol. The highest BCUT2D eigenvalue weighted by atomic mass is 32.1. The largest absolute Gasteiger partial charge is 0.148 e. The first-order chi connectivity index (χ1) is 4.61. The van der Waals surface area contributed by atoms with E-state index in [9.17, 15) is 0 Å². The van der Waals surface area contributed by atoms with Gasteiger partial charge in [-0.2, -0.15) is 0 Å². The third kappa shape index (κ3) is 1.33. The number of thiophene rings is 1. The first-order valence-electron chi connectivity index (χ1n) is 3.68. The molecule has 0 atom stereocenters. The van der Waals surface area contributed by atoms with E-state index in [-0.39, 0.29) is 0 Å². The van der Waals surface area contributed by atoms with E-state index in [1.54, 1.807) is 11.3 Å². The number of rotatable bonds is 1. The summed E-state index contributed by atoms with van der Waals surface area (Å²) >= 11 is 1.59. The highest BCUT2D eigenvalue weighted by Crippen LogP contribution is 2.24. The minimum Gasteiger partial charge on any atom is -0.148 e. The van der Waals surface area contributed by atoms with E-state index >= 15 is 0 Å². The van der Waals surface area contributed by atoms with Crippen LogP contribution in [0.1, 0.15) is 31.6 Å². The Balaban J connectivity index is 3.03. The van der Waals surface area contributed by atoms with Crippen molar-refractivity contribution in [1.29, 1.82) is 0 Å². The van der Waals surface area contributed by atoms with Crippen LogP contribution in [0.5, 0.6) is 0 Å². The lowest BCUT2D eigenvalue weighted by Gasteiger charge is -2.00. The van der Waals surface area contributed by atoms with Crippen molar-refractivity contribution in [3.05, 3.63) is 21.9 Å². The minimum absolute atomic E-state index is 0.573. The maximum Gasteiger partial charge on any atom is 0.0740 e. The van der Waals surface area contributed by atoms with Crippen LogP contribution in [-0.2, 0) is 0 Å². The molecule has 1 heterocycles. The lowest BCUT2D eigenvalue weighted by molar-refractivity contribution is 0.881. The highest BCUT2D eigenvalue weighted by Gasteiger charge is 2.02. The summed E-state index contributed by atoms with van der Waals surface area (Å²) in [6.45, 7) is 6.40. The standard InChI is InChI=1S/C8H12S/c1-6(2)8-7(3)4-5-9-8/h4-6H,1-3H3/i5D. The average molecular weight is 141 g/mol. The fourth-order valence-electron chi connectivity index (χ4n) is 0.906. The number of hydrogen-bond donors (Lipinski definition) is 0. The Kier molecular flexibility index (Phi) is 1.54. The van der Waals surface area contributed by atoms with Crippen LogP contribution in [0.3, 0.4) is 0 Å². The van der Waals surface area contributed by atoms with Crippen molar-refractivity contribution in [3.8, 4) is 0 Å². The van der Waals surface area contributed by atoms with Crippen molar-refractivity contribution in [3.63, 3.8) is 0 Å². The molecule has 0 N–H and O–H groups in total. The van der Waals surface area contributed by atoms with Gasteiger partial charge in [0.05, 0.1) is 1.37 Å². The van der Waals surface area contributed by atoms with Gasteiger partial charge in [0, 0.05) is 4.88 Å². The summed E-state index contributed by atoms with van der Waals surface area (Å²) < 4.78 is 7.37. The van der Waals surface area contributed by atoms with E-state index in [0.717, 1.165) is 0 Å². The number of hydrogen-bond acceptors (Lipinski definition) is 1. The van der Waals surface area contributed by atoms with Crippen LogP contribution in [0.2, 0.25) is 0 Å².